The molecule has 0 amide bonds. The number of benzene rings is 2. The third-order valence-electron chi connectivity index (χ3n) is 5.12. The summed E-state index contributed by atoms with van der Waals surface area (Å²) in [5.41, 5.74) is 15.8. The summed E-state index contributed by atoms with van der Waals surface area (Å²) in [6.45, 7) is 0.331. The van der Waals surface area contributed by atoms with Gasteiger partial charge < -0.3 is 21.3 Å². The summed E-state index contributed by atoms with van der Waals surface area (Å²) in [4.78, 5) is 23.3. The Bertz CT molecular complexity index is 791. The number of aliphatic carboxylic acids is 1. The zero-order chi connectivity index (χ0) is 19.4. The third-order valence-corrected chi connectivity index (χ3v) is 5.12. The van der Waals surface area contributed by atoms with Gasteiger partial charge in [0.1, 0.15) is 12.6 Å². The lowest BCUT2D eigenvalue weighted by atomic mass is 9.97. The maximum Gasteiger partial charge on any atom is 0.320 e. The van der Waals surface area contributed by atoms with Crippen LogP contribution in [0.3, 0.4) is 0 Å². The van der Waals surface area contributed by atoms with Gasteiger partial charge in [0, 0.05) is 12.5 Å². The van der Waals surface area contributed by atoms with E-state index in [4.69, 9.17) is 21.3 Å². The van der Waals surface area contributed by atoms with Crippen LogP contribution in [0.25, 0.3) is 11.1 Å². The molecule has 27 heavy (non-hydrogen) atoms. The first-order valence-corrected chi connectivity index (χ1v) is 9.06. The molecule has 0 aromatic heterocycles. The van der Waals surface area contributed by atoms with Crippen molar-refractivity contribution in [3.05, 3.63) is 59.7 Å². The van der Waals surface area contributed by atoms with Gasteiger partial charge in [-0.05, 0) is 35.1 Å². The summed E-state index contributed by atoms with van der Waals surface area (Å²) in [6, 6.07) is 15.2. The van der Waals surface area contributed by atoms with Crippen LogP contribution < -0.4 is 11.5 Å². The van der Waals surface area contributed by atoms with Gasteiger partial charge in [0.2, 0.25) is 0 Å². The van der Waals surface area contributed by atoms with Gasteiger partial charge in [-0.3, -0.25) is 9.59 Å². The second-order valence-corrected chi connectivity index (χ2v) is 6.81. The quantitative estimate of drug-likeness (QED) is 0.615. The first-order chi connectivity index (χ1) is 13.0. The van der Waals surface area contributed by atoms with Crippen molar-refractivity contribution < 1.29 is 19.4 Å². The van der Waals surface area contributed by atoms with E-state index in [9.17, 15) is 9.59 Å². The van der Waals surface area contributed by atoms with Gasteiger partial charge in [0.15, 0.2) is 0 Å². The summed E-state index contributed by atoms with van der Waals surface area (Å²) in [6.07, 6.45) is 0.474. The molecule has 0 saturated carbocycles. The number of carbonyl (C=O) groups excluding carboxylic acids is 1. The normalized spacial score (nSPS) is 14.9. The first kappa shape index (κ1) is 19.1. The van der Waals surface area contributed by atoms with Crippen molar-refractivity contribution in [2.24, 2.45) is 17.4 Å². The van der Waals surface area contributed by atoms with Crippen LogP contribution in [0, 0.1) is 5.92 Å². The Morgan fingerprint density at radius 1 is 1.00 bits per heavy atom. The molecule has 0 heterocycles. The van der Waals surface area contributed by atoms with Gasteiger partial charge in [0.05, 0.1) is 5.92 Å². The number of ether oxygens (including phenoxy) is 1. The number of hydrogen-bond acceptors (Lipinski definition) is 5. The van der Waals surface area contributed by atoms with Crippen LogP contribution in [-0.2, 0) is 14.3 Å². The molecule has 3 rings (SSSR count). The number of rotatable bonds is 8. The molecule has 2 aromatic rings. The van der Waals surface area contributed by atoms with E-state index in [-0.39, 0.29) is 25.5 Å². The second-order valence-electron chi connectivity index (χ2n) is 6.81. The molecule has 6 nitrogen and oxygen atoms in total. The Hall–Kier alpha value is -2.70. The fraction of sp³-hybridized carbons (Fsp3) is 0.333. The van der Waals surface area contributed by atoms with Crippen LogP contribution in [0.5, 0.6) is 0 Å². The average Bonchev–Trinajstić information content (AvgIpc) is 3.00. The summed E-state index contributed by atoms with van der Waals surface area (Å²) in [5.74, 6) is -2.06. The molecule has 5 N–H and O–H groups in total. The monoisotopic (exact) mass is 368 g/mol. The van der Waals surface area contributed by atoms with Crippen LogP contribution in [0.4, 0.5) is 0 Å². The average molecular weight is 368 g/mol. The van der Waals surface area contributed by atoms with E-state index < -0.39 is 23.9 Å². The maximum absolute atomic E-state index is 12.4. The van der Waals surface area contributed by atoms with Crippen molar-refractivity contribution in [3.8, 4) is 11.1 Å². The second kappa shape index (κ2) is 8.33. The highest BCUT2D eigenvalue weighted by Crippen LogP contribution is 2.44. The highest BCUT2D eigenvalue weighted by atomic mass is 16.5. The van der Waals surface area contributed by atoms with Crippen molar-refractivity contribution in [2.75, 3.05) is 13.2 Å². The van der Waals surface area contributed by atoms with Crippen LogP contribution >= 0.6 is 0 Å². The topological polar surface area (TPSA) is 116 Å². The van der Waals surface area contributed by atoms with Gasteiger partial charge in [-0.2, -0.15) is 0 Å². The minimum Gasteiger partial charge on any atom is -0.480 e. The largest absolute Gasteiger partial charge is 0.480 e. The molecular weight excluding hydrogens is 344 g/mol. The summed E-state index contributed by atoms with van der Waals surface area (Å²) in [5, 5.41) is 8.87. The summed E-state index contributed by atoms with van der Waals surface area (Å²) in [7, 11) is 0. The zero-order valence-corrected chi connectivity index (χ0v) is 15.0. The summed E-state index contributed by atoms with van der Waals surface area (Å²) >= 11 is 0. The first-order valence-electron chi connectivity index (χ1n) is 9.06. The molecule has 6 heteroatoms. The number of nitrogens with two attached hydrogens (primary N) is 2. The highest BCUT2D eigenvalue weighted by molar-refractivity contribution is 5.79. The number of carbonyl (C=O) groups is 2. The van der Waals surface area contributed by atoms with Crippen molar-refractivity contribution in [3.63, 3.8) is 0 Å². The van der Waals surface area contributed by atoms with E-state index in [0.717, 1.165) is 22.3 Å². The third kappa shape index (κ3) is 4.02. The Morgan fingerprint density at radius 2 is 1.56 bits per heavy atom. The van der Waals surface area contributed by atoms with Gasteiger partial charge >= 0.3 is 11.9 Å². The maximum atomic E-state index is 12.4. The van der Waals surface area contributed by atoms with Gasteiger partial charge in [-0.25, -0.2) is 0 Å². The van der Waals surface area contributed by atoms with E-state index in [1.54, 1.807) is 0 Å². The van der Waals surface area contributed by atoms with E-state index in [2.05, 4.69) is 24.3 Å². The smallest absolute Gasteiger partial charge is 0.320 e. The zero-order valence-electron chi connectivity index (χ0n) is 15.0. The van der Waals surface area contributed by atoms with Crippen LogP contribution in [0.1, 0.15) is 29.9 Å². The van der Waals surface area contributed by atoms with Crippen LogP contribution in [-0.4, -0.2) is 36.2 Å². The lowest BCUT2D eigenvalue weighted by Gasteiger charge is -2.18. The molecule has 0 radical (unpaired) electrons. The van der Waals surface area contributed by atoms with E-state index in [1.807, 2.05) is 24.3 Å². The highest BCUT2D eigenvalue weighted by Gasteiger charge is 2.30. The molecule has 0 spiro atoms. The fourth-order valence-corrected chi connectivity index (χ4v) is 3.56. The lowest BCUT2D eigenvalue weighted by molar-refractivity contribution is -0.149. The van der Waals surface area contributed by atoms with Crippen molar-refractivity contribution in [1.82, 2.24) is 0 Å². The molecular formula is C21H24N2O4. The Labute approximate surface area is 158 Å². The number of carboxylic acid groups (broad SMARTS) is 1. The molecule has 0 fully saturated rings. The molecule has 1 unspecified atom stereocenters. The number of hydrogen-bond donors (Lipinski definition) is 3. The molecule has 1 aliphatic carbocycles. The number of fused-ring (bicyclic) bond motifs is 3. The summed E-state index contributed by atoms with van der Waals surface area (Å²) < 4.78 is 5.58. The molecule has 1 aliphatic rings. The lowest BCUT2D eigenvalue weighted by Crippen LogP contribution is -2.33. The minimum atomic E-state index is -1.08. The molecule has 2 aromatic carbocycles. The van der Waals surface area contributed by atoms with Crippen LogP contribution in [0.2, 0.25) is 0 Å². The SMILES string of the molecule is NCC(CC[C@@H](N)C(=O)O)C(=O)OCC1c2ccccc2-c2ccccc21. The molecule has 0 bridgehead atoms. The molecule has 0 saturated heterocycles. The molecule has 2 atom stereocenters. The van der Waals surface area contributed by atoms with Crippen LogP contribution in [0.15, 0.2) is 48.5 Å². The van der Waals surface area contributed by atoms with Crippen molar-refractivity contribution in [1.29, 1.82) is 0 Å². The fourth-order valence-electron chi connectivity index (χ4n) is 3.56. The molecule has 142 valence electrons. The Balaban J connectivity index is 1.67. The number of carboxylic acids is 1. The predicted octanol–water partition coefficient (Wildman–Crippen LogP) is 2.11. The van der Waals surface area contributed by atoms with Crippen molar-refractivity contribution in [2.45, 2.75) is 24.8 Å². The van der Waals surface area contributed by atoms with Gasteiger partial charge in [-0.1, -0.05) is 48.5 Å². The predicted molar refractivity (Wildman–Crippen MR) is 102 cm³/mol. The van der Waals surface area contributed by atoms with Crippen molar-refractivity contribution >= 4 is 11.9 Å². The Kier molecular flexibility index (Phi) is 5.88. The minimum absolute atomic E-state index is 0.0129. The standard InChI is InChI=1S/C21H24N2O4/c22-11-13(9-10-19(23)20(24)25)21(26)27-12-18-16-7-3-1-5-14(16)15-6-2-4-8-17(15)18/h1-8,13,18-19H,9-12,22-23H2,(H,24,25)/t13?,19-/m1/s1. The van der Waals surface area contributed by atoms with E-state index in [0.29, 0.717) is 6.42 Å². The van der Waals surface area contributed by atoms with E-state index >= 15 is 0 Å². The van der Waals surface area contributed by atoms with Gasteiger partial charge in [-0.15, -0.1) is 0 Å². The Morgan fingerprint density at radius 3 is 2.07 bits per heavy atom. The van der Waals surface area contributed by atoms with E-state index in [1.165, 1.54) is 0 Å². The number of esters is 1. The van der Waals surface area contributed by atoms with Gasteiger partial charge in [0.25, 0.3) is 0 Å². The molecule has 0 aliphatic heterocycles.